The zero-order chi connectivity index (χ0) is 16.4. The molecule has 0 radical (unpaired) electrons. The summed E-state index contributed by atoms with van der Waals surface area (Å²) in [7, 11) is 0. The average molecular weight is 331 g/mol. The molecule has 3 aromatic rings. The van der Waals surface area contributed by atoms with Gasteiger partial charge < -0.3 is 9.73 Å². The highest BCUT2D eigenvalue weighted by Crippen LogP contribution is 2.21. The molecule has 0 aliphatic carbocycles. The topological polar surface area (TPSA) is 77.1 Å². The van der Waals surface area contributed by atoms with Crippen LogP contribution in [0.25, 0.3) is 10.2 Å². The second-order valence-electron chi connectivity index (χ2n) is 5.19. The number of hydrogen-bond acceptors (Lipinski definition) is 5. The number of thiophene rings is 1. The van der Waals surface area contributed by atoms with Crippen molar-refractivity contribution in [2.75, 3.05) is 0 Å². The van der Waals surface area contributed by atoms with Crippen molar-refractivity contribution in [1.29, 1.82) is 0 Å². The van der Waals surface area contributed by atoms with Gasteiger partial charge in [0.05, 0.1) is 18.2 Å². The molecule has 1 N–H and O–H groups in total. The fourth-order valence-corrected chi connectivity index (χ4v) is 3.33. The molecule has 23 heavy (non-hydrogen) atoms. The van der Waals surface area contributed by atoms with Gasteiger partial charge in [0.15, 0.2) is 0 Å². The predicted octanol–water partition coefficient (Wildman–Crippen LogP) is 2.24. The minimum Gasteiger partial charge on any atom is -0.467 e. The van der Waals surface area contributed by atoms with E-state index in [0.29, 0.717) is 23.5 Å². The van der Waals surface area contributed by atoms with Crippen molar-refractivity contribution in [3.63, 3.8) is 0 Å². The van der Waals surface area contributed by atoms with Gasteiger partial charge in [-0.25, -0.2) is 4.98 Å². The predicted molar refractivity (Wildman–Crippen MR) is 88.5 cm³/mol. The maximum Gasteiger partial charge on any atom is 0.262 e. The van der Waals surface area contributed by atoms with Crippen LogP contribution in [0, 0.1) is 6.92 Å². The molecule has 0 unspecified atom stereocenters. The lowest BCUT2D eigenvalue weighted by Gasteiger charge is -2.09. The smallest absolute Gasteiger partial charge is 0.262 e. The van der Waals surface area contributed by atoms with E-state index in [0.717, 1.165) is 16.1 Å². The van der Waals surface area contributed by atoms with Crippen molar-refractivity contribution in [3.8, 4) is 0 Å². The van der Waals surface area contributed by atoms with Gasteiger partial charge in [0.1, 0.15) is 23.0 Å². The number of nitrogens with one attached hydrogen (secondary N) is 1. The van der Waals surface area contributed by atoms with Gasteiger partial charge in [-0.2, -0.15) is 0 Å². The van der Waals surface area contributed by atoms with Gasteiger partial charge in [-0.15, -0.1) is 11.3 Å². The Morgan fingerprint density at radius 1 is 1.48 bits per heavy atom. The van der Waals surface area contributed by atoms with Crippen molar-refractivity contribution in [3.05, 3.63) is 51.3 Å². The highest BCUT2D eigenvalue weighted by Gasteiger charge is 2.14. The van der Waals surface area contributed by atoms with E-state index in [1.807, 2.05) is 13.0 Å². The summed E-state index contributed by atoms with van der Waals surface area (Å²) >= 11 is 1.52. The summed E-state index contributed by atoms with van der Waals surface area (Å²) in [6, 6.07) is 5.41. The van der Waals surface area contributed by atoms with Crippen LogP contribution in [0.1, 0.15) is 23.4 Å². The number of carbonyl (C=O) groups is 1. The van der Waals surface area contributed by atoms with E-state index in [-0.39, 0.29) is 18.0 Å². The SMILES string of the molecule is CCc1cc2c(=O)n(CC(=O)NCc3ccco3)c(C)nc2s1. The molecule has 0 aromatic carbocycles. The summed E-state index contributed by atoms with van der Waals surface area (Å²) in [5.41, 5.74) is -0.170. The summed E-state index contributed by atoms with van der Waals surface area (Å²) in [5.74, 6) is 0.959. The summed E-state index contributed by atoms with van der Waals surface area (Å²) in [6.07, 6.45) is 2.42. The lowest BCUT2D eigenvalue weighted by Crippen LogP contribution is -2.33. The van der Waals surface area contributed by atoms with Crippen LogP contribution >= 0.6 is 11.3 Å². The van der Waals surface area contributed by atoms with Crippen LogP contribution in [0.2, 0.25) is 0 Å². The number of rotatable bonds is 5. The van der Waals surface area contributed by atoms with Gasteiger partial charge in [0.25, 0.3) is 5.56 Å². The van der Waals surface area contributed by atoms with Gasteiger partial charge >= 0.3 is 0 Å². The number of nitrogens with zero attached hydrogens (tertiary/aromatic N) is 2. The summed E-state index contributed by atoms with van der Waals surface area (Å²) in [5, 5.41) is 3.31. The zero-order valence-electron chi connectivity index (χ0n) is 13.0. The fourth-order valence-electron chi connectivity index (χ4n) is 2.33. The molecule has 0 aliphatic rings. The van der Waals surface area contributed by atoms with Crippen LogP contribution in [0.3, 0.4) is 0 Å². The van der Waals surface area contributed by atoms with E-state index in [2.05, 4.69) is 10.3 Å². The number of furan rings is 1. The monoisotopic (exact) mass is 331 g/mol. The number of aromatic nitrogens is 2. The first kappa shape index (κ1) is 15.5. The highest BCUT2D eigenvalue weighted by atomic mass is 32.1. The Hall–Kier alpha value is -2.41. The summed E-state index contributed by atoms with van der Waals surface area (Å²) in [6.45, 7) is 4.03. The average Bonchev–Trinajstić information content (AvgIpc) is 3.18. The number of carbonyl (C=O) groups excluding carboxylic acids is 1. The van der Waals surface area contributed by atoms with E-state index < -0.39 is 0 Å². The number of hydrogen-bond donors (Lipinski definition) is 1. The van der Waals surface area contributed by atoms with Gasteiger partial charge in [-0.05, 0) is 31.5 Å². The van der Waals surface area contributed by atoms with Crippen LogP contribution in [0.5, 0.6) is 0 Å². The molecule has 120 valence electrons. The molecule has 0 atom stereocenters. The van der Waals surface area contributed by atoms with Gasteiger partial charge in [-0.1, -0.05) is 6.92 Å². The summed E-state index contributed by atoms with van der Waals surface area (Å²) < 4.78 is 6.57. The number of aryl methyl sites for hydroxylation is 2. The van der Waals surface area contributed by atoms with Gasteiger partial charge in [0, 0.05) is 4.88 Å². The Balaban J connectivity index is 1.81. The standard InChI is InChI=1S/C16H17N3O3S/c1-3-12-7-13-15(23-12)18-10(2)19(16(13)21)9-14(20)17-8-11-5-4-6-22-11/h4-7H,3,8-9H2,1-2H3,(H,17,20). The Labute approximate surface area is 136 Å². The lowest BCUT2D eigenvalue weighted by molar-refractivity contribution is -0.122. The molecular weight excluding hydrogens is 314 g/mol. The first-order chi connectivity index (χ1) is 11.1. The van der Waals surface area contributed by atoms with Crippen LogP contribution in [0.15, 0.2) is 33.7 Å². The maximum absolute atomic E-state index is 12.6. The molecule has 3 rings (SSSR count). The molecular formula is C16H17N3O3S. The van der Waals surface area contributed by atoms with E-state index in [1.165, 1.54) is 15.9 Å². The largest absolute Gasteiger partial charge is 0.467 e. The molecule has 7 heteroatoms. The molecule has 0 fully saturated rings. The molecule has 0 saturated carbocycles. The zero-order valence-corrected chi connectivity index (χ0v) is 13.8. The Morgan fingerprint density at radius 2 is 2.30 bits per heavy atom. The first-order valence-corrected chi connectivity index (χ1v) is 8.19. The molecule has 0 saturated heterocycles. The third-order valence-corrected chi connectivity index (χ3v) is 4.76. The van der Waals surface area contributed by atoms with E-state index in [1.54, 1.807) is 25.3 Å². The third-order valence-electron chi connectivity index (χ3n) is 3.58. The van der Waals surface area contributed by atoms with Gasteiger partial charge in [0.2, 0.25) is 5.91 Å². The van der Waals surface area contributed by atoms with Crippen molar-refractivity contribution in [1.82, 2.24) is 14.9 Å². The molecule has 6 nitrogen and oxygen atoms in total. The van der Waals surface area contributed by atoms with E-state index in [9.17, 15) is 9.59 Å². The van der Waals surface area contributed by atoms with Gasteiger partial charge in [-0.3, -0.25) is 14.2 Å². The fraction of sp³-hybridized carbons (Fsp3) is 0.312. The highest BCUT2D eigenvalue weighted by molar-refractivity contribution is 7.18. The van der Waals surface area contributed by atoms with Crippen molar-refractivity contribution < 1.29 is 9.21 Å². The van der Waals surface area contributed by atoms with Crippen LogP contribution in [-0.2, 0) is 24.3 Å². The Bertz CT molecular complexity index is 893. The quantitative estimate of drug-likeness (QED) is 0.778. The lowest BCUT2D eigenvalue weighted by atomic mass is 10.3. The van der Waals surface area contributed by atoms with Crippen molar-refractivity contribution in [2.24, 2.45) is 0 Å². The Morgan fingerprint density at radius 3 is 3.00 bits per heavy atom. The van der Waals surface area contributed by atoms with Crippen LogP contribution in [-0.4, -0.2) is 15.5 Å². The molecule has 0 aliphatic heterocycles. The minimum absolute atomic E-state index is 0.0500. The third kappa shape index (κ3) is 3.19. The molecule has 0 bridgehead atoms. The van der Waals surface area contributed by atoms with E-state index in [4.69, 9.17) is 4.42 Å². The number of amides is 1. The molecule has 3 heterocycles. The van der Waals surface area contributed by atoms with Crippen molar-refractivity contribution in [2.45, 2.75) is 33.4 Å². The maximum atomic E-state index is 12.6. The van der Waals surface area contributed by atoms with Crippen molar-refractivity contribution >= 4 is 27.5 Å². The van der Waals surface area contributed by atoms with Crippen LogP contribution < -0.4 is 10.9 Å². The second kappa shape index (κ2) is 6.37. The van der Waals surface area contributed by atoms with E-state index >= 15 is 0 Å². The second-order valence-corrected chi connectivity index (χ2v) is 6.31. The molecule has 0 spiro atoms. The Kier molecular flexibility index (Phi) is 4.29. The summed E-state index contributed by atoms with van der Waals surface area (Å²) in [4.78, 5) is 30.9. The normalized spacial score (nSPS) is 11.0. The van der Waals surface area contributed by atoms with Crippen LogP contribution in [0.4, 0.5) is 0 Å². The molecule has 1 amide bonds. The first-order valence-electron chi connectivity index (χ1n) is 7.37. The minimum atomic E-state index is -0.251. The molecule has 3 aromatic heterocycles. The number of fused-ring (bicyclic) bond motifs is 1.